The Morgan fingerprint density at radius 2 is 2.36 bits per heavy atom. The second kappa shape index (κ2) is 8.00. The number of nitrogens with two attached hydrogens (primary N) is 1. The van der Waals surface area contributed by atoms with Crippen molar-refractivity contribution < 1.29 is 14.3 Å². The quantitative estimate of drug-likeness (QED) is 0.409. The molecule has 0 aliphatic carbocycles. The van der Waals surface area contributed by atoms with Crippen molar-refractivity contribution in [1.82, 2.24) is 14.7 Å². The molecular formula is C16H21N5O3Si. The summed E-state index contributed by atoms with van der Waals surface area (Å²) in [5, 5.41) is 7.36. The van der Waals surface area contributed by atoms with Crippen molar-refractivity contribution in [2.45, 2.75) is 18.1 Å². The van der Waals surface area contributed by atoms with Gasteiger partial charge in [-0.15, -0.1) is 6.42 Å². The van der Waals surface area contributed by atoms with Gasteiger partial charge in [0.15, 0.2) is 0 Å². The number of nitrogens with one attached hydrogen (secondary N) is 1. The Morgan fingerprint density at radius 3 is 2.88 bits per heavy atom. The molecule has 0 bridgehead atoms. The maximum Gasteiger partial charge on any atom is 0.255 e. The lowest BCUT2D eigenvalue weighted by Crippen LogP contribution is -2.51. The van der Waals surface area contributed by atoms with E-state index in [1.165, 1.54) is 6.08 Å². The molecular weight excluding hydrogens is 338 g/mol. The maximum absolute atomic E-state index is 12.0. The van der Waals surface area contributed by atoms with Gasteiger partial charge < -0.3 is 20.7 Å². The van der Waals surface area contributed by atoms with E-state index in [2.05, 4.69) is 22.9 Å². The van der Waals surface area contributed by atoms with Crippen molar-refractivity contribution in [2.24, 2.45) is 5.73 Å². The van der Waals surface area contributed by atoms with Gasteiger partial charge in [-0.1, -0.05) is 6.58 Å². The molecule has 2 rings (SSSR count). The van der Waals surface area contributed by atoms with E-state index >= 15 is 0 Å². The summed E-state index contributed by atoms with van der Waals surface area (Å²) >= 11 is 0. The summed E-state index contributed by atoms with van der Waals surface area (Å²) in [4.78, 5) is 25.6. The number of amides is 2. The topological polar surface area (TPSA) is 102 Å². The fourth-order valence-electron chi connectivity index (χ4n) is 2.95. The van der Waals surface area contributed by atoms with E-state index in [9.17, 15) is 9.59 Å². The molecule has 1 aliphatic rings. The molecule has 2 heterocycles. The Labute approximate surface area is 149 Å². The molecule has 0 saturated carbocycles. The number of anilines is 1. The van der Waals surface area contributed by atoms with E-state index in [1.807, 2.05) is 0 Å². The standard InChI is InChI=1S/C16H21N5O3Si/c1-5-11-14(15(17)23)16(18-3)21(19-11)13-7-10(8-24-4)20(9-25-13)12(22)6-2/h1,6,10,13,18H,2,7-9H2,3-4H3,(H2,17,23)/t10-,13-/m1/s1. The number of hydrogen-bond donors (Lipinski definition) is 2. The third-order valence-electron chi connectivity index (χ3n) is 4.08. The Bertz CT molecular complexity index is 724. The van der Waals surface area contributed by atoms with E-state index in [-0.39, 0.29) is 28.9 Å². The highest BCUT2D eigenvalue weighted by atomic mass is 28.2. The van der Waals surface area contributed by atoms with Crippen LogP contribution in [0.2, 0.25) is 0 Å². The number of nitrogens with zero attached hydrogens (tertiary/aromatic N) is 3. The zero-order valence-corrected chi connectivity index (χ0v) is 15.3. The zero-order valence-electron chi connectivity index (χ0n) is 14.3. The molecule has 0 spiro atoms. The largest absolute Gasteiger partial charge is 0.383 e. The monoisotopic (exact) mass is 359 g/mol. The number of hydrogen-bond acceptors (Lipinski definition) is 5. The molecule has 9 heteroatoms. The van der Waals surface area contributed by atoms with Crippen molar-refractivity contribution in [1.29, 1.82) is 0 Å². The van der Waals surface area contributed by atoms with Crippen LogP contribution in [0.15, 0.2) is 12.7 Å². The van der Waals surface area contributed by atoms with Crippen LogP contribution in [0, 0.1) is 12.3 Å². The molecule has 132 valence electrons. The average molecular weight is 359 g/mol. The van der Waals surface area contributed by atoms with Crippen molar-refractivity contribution in [2.75, 3.05) is 32.2 Å². The van der Waals surface area contributed by atoms with Crippen LogP contribution in [0.25, 0.3) is 0 Å². The molecule has 1 aliphatic heterocycles. The molecule has 1 fully saturated rings. The predicted molar refractivity (Wildman–Crippen MR) is 95.2 cm³/mol. The number of ether oxygens (including phenoxy) is 1. The second-order valence-electron chi connectivity index (χ2n) is 5.51. The number of carbonyl (C=O) groups is 2. The Hall–Kier alpha value is -2.57. The number of terminal acetylenes is 1. The summed E-state index contributed by atoms with van der Waals surface area (Å²) in [6.45, 7) is 3.95. The van der Waals surface area contributed by atoms with Gasteiger partial charge in [0.1, 0.15) is 17.1 Å². The fraction of sp³-hybridized carbons (Fsp3) is 0.438. The first-order valence-corrected chi connectivity index (χ1v) is 8.98. The highest BCUT2D eigenvalue weighted by Crippen LogP contribution is 2.28. The fourth-order valence-corrected chi connectivity index (χ4v) is 4.57. The summed E-state index contributed by atoms with van der Waals surface area (Å²) in [7, 11) is 3.66. The Balaban J connectivity index is 2.37. The van der Waals surface area contributed by atoms with Crippen LogP contribution >= 0.6 is 0 Å². The first-order chi connectivity index (χ1) is 12.0. The van der Waals surface area contributed by atoms with Crippen LogP contribution in [0.3, 0.4) is 0 Å². The minimum atomic E-state index is -0.625. The van der Waals surface area contributed by atoms with E-state index in [0.717, 1.165) is 0 Å². The van der Waals surface area contributed by atoms with Crippen LogP contribution in [0.5, 0.6) is 0 Å². The molecule has 8 nitrogen and oxygen atoms in total. The van der Waals surface area contributed by atoms with E-state index in [4.69, 9.17) is 16.9 Å². The lowest BCUT2D eigenvalue weighted by atomic mass is 10.1. The Kier molecular flexibility index (Phi) is 6.00. The van der Waals surface area contributed by atoms with E-state index < -0.39 is 5.91 Å². The summed E-state index contributed by atoms with van der Waals surface area (Å²) in [6.07, 6.45) is 7.96. The lowest BCUT2D eigenvalue weighted by Gasteiger charge is -2.38. The number of aromatic nitrogens is 2. The van der Waals surface area contributed by atoms with Crippen LogP contribution in [0.1, 0.15) is 28.1 Å². The molecule has 2 atom stereocenters. The Morgan fingerprint density at radius 1 is 1.64 bits per heavy atom. The van der Waals surface area contributed by atoms with Crippen molar-refractivity contribution in [3.63, 3.8) is 0 Å². The molecule has 1 aromatic heterocycles. The van der Waals surface area contributed by atoms with E-state index in [1.54, 1.807) is 23.7 Å². The molecule has 3 N–H and O–H groups in total. The van der Waals surface area contributed by atoms with Crippen LogP contribution in [0.4, 0.5) is 5.82 Å². The molecule has 2 radical (unpaired) electrons. The van der Waals surface area contributed by atoms with Crippen LogP contribution in [-0.4, -0.2) is 69.0 Å². The van der Waals surface area contributed by atoms with Gasteiger partial charge in [-0.25, -0.2) is 4.68 Å². The van der Waals surface area contributed by atoms with Crippen LogP contribution in [-0.2, 0) is 9.53 Å². The maximum atomic E-state index is 12.0. The second-order valence-corrected chi connectivity index (χ2v) is 6.90. The van der Waals surface area contributed by atoms with Crippen LogP contribution < -0.4 is 11.1 Å². The summed E-state index contributed by atoms with van der Waals surface area (Å²) < 4.78 is 6.97. The molecule has 1 saturated heterocycles. The SMILES string of the molecule is C#Cc1nn([C@H]2C[C@H](COC)N(C(=O)C=C)C[Si]2)c(NC)c1C(N)=O. The van der Waals surface area contributed by atoms with Gasteiger partial charge in [-0.3, -0.25) is 9.59 Å². The minimum absolute atomic E-state index is 0.0170. The third-order valence-corrected chi connectivity index (χ3v) is 5.55. The highest BCUT2D eigenvalue weighted by Gasteiger charge is 2.34. The average Bonchev–Trinajstić information content (AvgIpc) is 3.00. The number of carbonyl (C=O) groups excluding carboxylic acids is 2. The normalized spacial score (nSPS) is 20.0. The lowest BCUT2D eigenvalue weighted by molar-refractivity contribution is -0.129. The number of methoxy groups -OCH3 is 1. The van der Waals surface area contributed by atoms with Gasteiger partial charge in [0.2, 0.25) is 5.91 Å². The third kappa shape index (κ3) is 3.60. The van der Waals surface area contributed by atoms with Crippen molar-refractivity contribution >= 4 is 27.2 Å². The van der Waals surface area contributed by atoms with Gasteiger partial charge in [0.05, 0.1) is 22.2 Å². The summed E-state index contributed by atoms with van der Waals surface area (Å²) in [6, 6.07) is -0.109. The number of primary amides is 1. The highest BCUT2D eigenvalue weighted by molar-refractivity contribution is 6.37. The van der Waals surface area contributed by atoms with Gasteiger partial charge >= 0.3 is 0 Å². The minimum Gasteiger partial charge on any atom is -0.383 e. The van der Waals surface area contributed by atoms with Gasteiger partial charge in [-0.05, 0) is 18.4 Å². The van der Waals surface area contributed by atoms with E-state index in [0.29, 0.717) is 34.5 Å². The van der Waals surface area contributed by atoms with Gasteiger partial charge in [-0.2, -0.15) is 5.10 Å². The molecule has 0 aromatic carbocycles. The van der Waals surface area contributed by atoms with Gasteiger partial charge in [0, 0.05) is 26.0 Å². The first-order valence-electron chi connectivity index (χ1n) is 7.70. The van der Waals surface area contributed by atoms with Gasteiger partial charge in [0.25, 0.3) is 5.91 Å². The molecule has 25 heavy (non-hydrogen) atoms. The first kappa shape index (κ1) is 18.8. The molecule has 1 aromatic rings. The molecule has 2 amide bonds. The summed E-state index contributed by atoms with van der Waals surface area (Å²) in [5.41, 5.74) is 5.87. The predicted octanol–water partition coefficient (Wildman–Crippen LogP) is -0.401. The molecule has 0 unspecified atom stereocenters. The van der Waals surface area contributed by atoms with Crippen molar-refractivity contribution in [3.8, 4) is 12.3 Å². The number of rotatable bonds is 6. The zero-order chi connectivity index (χ0) is 18.6. The smallest absolute Gasteiger partial charge is 0.255 e. The van der Waals surface area contributed by atoms with Crippen molar-refractivity contribution in [3.05, 3.63) is 23.9 Å². The summed E-state index contributed by atoms with van der Waals surface area (Å²) in [5.74, 6) is 2.16.